The minimum Gasteiger partial charge on any atom is -0.342 e. The van der Waals surface area contributed by atoms with Crippen LogP contribution in [0.5, 0.6) is 0 Å². The molecule has 0 heterocycles. The van der Waals surface area contributed by atoms with Gasteiger partial charge in [0.1, 0.15) is 0 Å². The molecule has 4 heteroatoms. The summed E-state index contributed by atoms with van der Waals surface area (Å²) >= 11 is 0. The van der Waals surface area contributed by atoms with Crippen molar-refractivity contribution in [2.75, 3.05) is 13.6 Å². The largest absolute Gasteiger partial charge is 0.342 e. The molecule has 96 valence electrons. The summed E-state index contributed by atoms with van der Waals surface area (Å²) in [5, 5.41) is 0. The standard InChI is InChI=1S/C12H24N2O.ClH/c1-6-10(4)12(15)14(5)8-7-11(13)9(2)3;/h6,9,11H,7-8,13H2,1-5H3;1H. The summed E-state index contributed by atoms with van der Waals surface area (Å²) in [5.74, 6) is 0.560. The molecular formula is C12H25ClN2O. The van der Waals surface area contributed by atoms with Gasteiger partial charge in [-0.2, -0.15) is 0 Å². The van der Waals surface area contributed by atoms with Crippen LogP contribution in [0.3, 0.4) is 0 Å². The maximum absolute atomic E-state index is 11.7. The van der Waals surface area contributed by atoms with E-state index in [0.29, 0.717) is 5.92 Å². The Morgan fingerprint density at radius 2 is 1.94 bits per heavy atom. The number of likely N-dealkylation sites (N-methyl/N-ethyl adjacent to an activating group) is 1. The molecule has 0 bridgehead atoms. The summed E-state index contributed by atoms with van der Waals surface area (Å²) in [6.45, 7) is 8.64. The molecule has 0 aromatic rings. The molecule has 16 heavy (non-hydrogen) atoms. The van der Waals surface area contributed by atoms with Crippen molar-refractivity contribution in [2.24, 2.45) is 11.7 Å². The van der Waals surface area contributed by atoms with E-state index >= 15 is 0 Å². The van der Waals surface area contributed by atoms with Crippen molar-refractivity contribution in [2.45, 2.75) is 40.2 Å². The first-order valence-corrected chi connectivity index (χ1v) is 5.54. The molecule has 1 amide bonds. The van der Waals surface area contributed by atoms with Crippen molar-refractivity contribution >= 4 is 18.3 Å². The van der Waals surface area contributed by atoms with Crippen LogP contribution in [0.25, 0.3) is 0 Å². The van der Waals surface area contributed by atoms with Crippen molar-refractivity contribution in [3.05, 3.63) is 11.6 Å². The number of amides is 1. The Hall–Kier alpha value is -0.540. The third kappa shape index (κ3) is 6.13. The molecule has 0 aromatic carbocycles. The van der Waals surface area contributed by atoms with E-state index in [1.807, 2.05) is 27.0 Å². The molecule has 0 spiro atoms. The lowest BCUT2D eigenvalue weighted by Crippen LogP contribution is -2.34. The maximum Gasteiger partial charge on any atom is 0.248 e. The van der Waals surface area contributed by atoms with E-state index in [4.69, 9.17) is 5.73 Å². The number of hydrogen-bond acceptors (Lipinski definition) is 2. The van der Waals surface area contributed by atoms with Gasteiger partial charge in [0.15, 0.2) is 0 Å². The number of rotatable bonds is 5. The zero-order valence-corrected chi connectivity index (χ0v) is 11.8. The zero-order valence-electron chi connectivity index (χ0n) is 11.0. The molecular weight excluding hydrogens is 224 g/mol. The van der Waals surface area contributed by atoms with E-state index in [2.05, 4.69) is 13.8 Å². The zero-order chi connectivity index (χ0) is 12.0. The average molecular weight is 249 g/mol. The summed E-state index contributed by atoms with van der Waals surface area (Å²) in [4.78, 5) is 13.4. The van der Waals surface area contributed by atoms with Crippen LogP contribution in [0.15, 0.2) is 11.6 Å². The van der Waals surface area contributed by atoms with Gasteiger partial charge < -0.3 is 10.6 Å². The summed E-state index contributed by atoms with van der Waals surface area (Å²) in [6, 6.07) is 0.172. The topological polar surface area (TPSA) is 46.3 Å². The average Bonchev–Trinajstić information content (AvgIpc) is 2.22. The van der Waals surface area contributed by atoms with Gasteiger partial charge in [0, 0.05) is 25.2 Å². The van der Waals surface area contributed by atoms with Crippen LogP contribution in [0.2, 0.25) is 0 Å². The van der Waals surface area contributed by atoms with Crippen LogP contribution in [0, 0.1) is 5.92 Å². The minimum absolute atomic E-state index is 0. The number of nitrogens with two attached hydrogens (primary N) is 1. The lowest BCUT2D eigenvalue weighted by Gasteiger charge is -2.21. The third-order valence-corrected chi connectivity index (χ3v) is 2.77. The van der Waals surface area contributed by atoms with Crippen LogP contribution >= 0.6 is 12.4 Å². The molecule has 1 atom stereocenters. The summed E-state index contributed by atoms with van der Waals surface area (Å²) in [5.41, 5.74) is 6.71. The molecule has 3 nitrogen and oxygen atoms in total. The predicted molar refractivity (Wildman–Crippen MR) is 71.7 cm³/mol. The fraction of sp³-hybridized carbons (Fsp3) is 0.750. The van der Waals surface area contributed by atoms with Crippen molar-refractivity contribution in [1.29, 1.82) is 0 Å². The molecule has 0 fully saturated rings. The molecule has 0 saturated carbocycles. The number of nitrogens with zero attached hydrogens (tertiary/aromatic N) is 1. The van der Waals surface area contributed by atoms with Gasteiger partial charge in [0.2, 0.25) is 5.91 Å². The summed E-state index contributed by atoms with van der Waals surface area (Å²) < 4.78 is 0. The third-order valence-electron chi connectivity index (χ3n) is 2.77. The SMILES string of the molecule is CC=C(C)C(=O)N(C)CCC(N)C(C)C.Cl. The summed E-state index contributed by atoms with van der Waals surface area (Å²) in [6.07, 6.45) is 2.69. The molecule has 0 aliphatic rings. The first-order valence-electron chi connectivity index (χ1n) is 5.54. The van der Waals surface area contributed by atoms with Crippen molar-refractivity contribution in [3.8, 4) is 0 Å². The Morgan fingerprint density at radius 3 is 2.31 bits per heavy atom. The van der Waals surface area contributed by atoms with E-state index < -0.39 is 0 Å². The second kappa shape index (κ2) is 8.59. The molecule has 0 aliphatic heterocycles. The molecule has 2 N–H and O–H groups in total. The Morgan fingerprint density at radius 1 is 1.44 bits per heavy atom. The van der Waals surface area contributed by atoms with Crippen LogP contribution in [-0.2, 0) is 4.79 Å². The van der Waals surface area contributed by atoms with Crippen LogP contribution in [-0.4, -0.2) is 30.4 Å². The van der Waals surface area contributed by atoms with Gasteiger partial charge >= 0.3 is 0 Å². The fourth-order valence-electron chi connectivity index (χ4n) is 1.20. The quantitative estimate of drug-likeness (QED) is 0.759. The number of hydrogen-bond donors (Lipinski definition) is 1. The van der Waals surface area contributed by atoms with Gasteiger partial charge in [-0.25, -0.2) is 0 Å². The normalized spacial score (nSPS) is 13.3. The fourth-order valence-corrected chi connectivity index (χ4v) is 1.20. The van der Waals surface area contributed by atoms with Gasteiger partial charge in [-0.05, 0) is 26.2 Å². The Kier molecular flexibility index (Phi) is 9.58. The number of allylic oxidation sites excluding steroid dienone is 1. The smallest absolute Gasteiger partial charge is 0.248 e. The molecule has 0 saturated heterocycles. The highest BCUT2D eigenvalue weighted by Gasteiger charge is 2.13. The second-order valence-corrected chi connectivity index (χ2v) is 4.39. The predicted octanol–water partition coefficient (Wildman–Crippen LogP) is 2.21. The van der Waals surface area contributed by atoms with Gasteiger partial charge in [-0.1, -0.05) is 19.9 Å². The summed E-state index contributed by atoms with van der Waals surface area (Å²) in [7, 11) is 1.82. The number of carbonyl (C=O) groups excluding carboxylic acids is 1. The second-order valence-electron chi connectivity index (χ2n) is 4.39. The molecule has 0 rings (SSSR count). The van der Waals surface area contributed by atoms with Crippen LogP contribution < -0.4 is 5.73 Å². The Bertz CT molecular complexity index is 239. The van der Waals surface area contributed by atoms with E-state index in [9.17, 15) is 4.79 Å². The highest BCUT2D eigenvalue weighted by atomic mass is 35.5. The van der Waals surface area contributed by atoms with Gasteiger partial charge in [0.05, 0.1) is 0 Å². The van der Waals surface area contributed by atoms with Crippen molar-refractivity contribution in [3.63, 3.8) is 0 Å². The molecule has 0 aromatic heterocycles. The first kappa shape index (κ1) is 17.8. The number of halogens is 1. The van der Waals surface area contributed by atoms with Crippen LogP contribution in [0.1, 0.15) is 34.1 Å². The monoisotopic (exact) mass is 248 g/mol. The number of carbonyl (C=O) groups is 1. The lowest BCUT2D eigenvalue weighted by atomic mass is 10.0. The minimum atomic E-state index is 0. The molecule has 0 aliphatic carbocycles. The van der Waals surface area contributed by atoms with E-state index in [-0.39, 0.29) is 24.4 Å². The first-order chi connectivity index (χ1) is 6.90. The molecule has 0 radical (unpaired) electrons. The van der Waals surface area contributed by atoms with Crippen LogP contribution in [0.4, 0.5) is 0 Å². The van der Waals surface area contributed by atoms with Gasteiger partial charge in [0.25, 0.3) is 0 Å². The highest BCUT2D eigenvalue weighted by molar-refractivity contribution is 5.92. The Labute approximate surface area is 105 Å². The van der Waals surface area contributed by atoms with E-state index in [1.54, 1.807) is 4.90 Å². The highest BCUT2D eigenvalue weighted by Crippen LogP contribution is 2.05. The van der Waals surface area contributed by atoms with E-state index in [0.717, 1.165) is 18.5 Å². The van der Waals surface area contributed by atoms with Gasteiger partial charge in [-0.3, -0.25) is 4.79 Å². The maximum atomic E-state index is 11.7. The molecule has 1 unspecified atom stereocenters. The van der Waals surface area contributed by atoms with E-state index in [1.165, 1.54) is 0 Å². The van der Waals surface area contributed by atoms with Crippen molar-refractivity contribution in [1.82, 2.24) is 4.90 Å². The Balaban J connectivity index is 0. The lowest BCUT2D eigenvalue weighted by molar-refractivity contribution is -0.125. The van der Waals surface area contributed by atoms with Crippen molar-refractivity contribution < 1.29 is 4.79 Å². The van der Waals surface area contributed by atoms with Gasteiger partial charge in [-0.15, -0.1) is 12.4 Å².